The Bertz CT molecular complexity index is 438. The molecule has 1 amide bonds. The number of amides is 1. The highest BCUT2D eigenvalue weighted by Crippen LogP contribution is 2.25. The number of nitrogens with two attached hydrogens (primary N) is 1. The van der Waals surface area contributed by atoms with Crippen molar-refractivity contribution in [3.05, 3.63) is 23.8 Å². The lowest BCUT2D eigenvalue weighted by molar-refractivity contribution is 0.0366. The number of hydrogen-bond acceptors (Lipinski definition) is 4. The van der Waals surface area contributed by atoms with Crippen molar-refractivity contribution >= 4 is 11.6 Å². The van der Waals surface area contributed by atoms with Gasteiger partial charge in [-0.3, -0.25) is 4.79 Å². The van der Waals surface area contributed by atoms with Crippen LogP contribution < -0.4 is 10.5 Å². The Hall–Kier alpha value is -1.75. The molecule has 0 aliphatic heterocycles. The third-order valence-electron chi connectivity index (χ3n) is 2.46. The van der Waals surface area contributed by atoms with Crippen LogP contribution in [0.4, 0.5) is 5.69 Å². The van der Waals surface area contributed by atoms with Gasteiger partial charge in [0.2, 0.25) is 0 Å². The van der Waals surface area contributed by atoms with Crippen molar-refractivity contribution in [3.8, 4) is 5.75 Å². The van der Waals surface area contributed by atoms with E-state index in [-0.39, 0.29) is 12.5 Å². The smallest absolute Gasteiger partial charge is 0.259 e. The molecule has 0 fully saturated rings. The first kappa shape index (κ1) is 14.3. The molecule has 0 aromatic heterocycles. The molecule has 0 unspecified atom stereocenters. The molecule has 0 saturated heterocycles. The first-order valence-electron chi connectivity index (χ1n) is 5.66. The van der Waals surface area contributed by atoms with Crippen molar-refractivity contribution in [2.75, 3.05) is 26.4 Å². The largest absolute Gasteiger partial charge is 0.496 e. The molecule has 0 saturated carbocycles. The average Bonchev–Trinajstić information content (AvgIpc) is 2.25. The molecule has 0 radical (unpaired) electrons. The van der Waals surface area contributed by atoms with Crippen molar-refractivity contribution < 1.29 is 14.6 Å². The maximum absolute atomic E-state index is 12.3. The minimum absolute atomic E-state index is 0.212. The standard InChI is InChI=1S/C13H20N2O3/c1-13(2,17)8-15(3)12(16)11-9(14)6-5-7-10(11)18-4/h5-7,17H,8,14H2,1-4H3. The van der Waals surface area contributed by atoms with Gasteiger partial charge in [-0.2, -0.15) is 0 Å². The van der Waals surface area contributed by atoms with E-state index in [2.05, 4.69) is 0 Å². The van der Waals surface area contributed by atoms with Crippen LogP contribution >= 0.6 is 0 Å². The summed E-state index contributed by atoms with van der Waals surface area (Å²) < 4.78 is 5.14. The third kappa shape index (κ3) is 3.37. The zero-order valence-electron chi connectivity index (χ0n) is 11.2. The van der Waals surface area contributed by atoms with Crippen LogP contribution in [0, 0.1) is 0 Å². The Morgan fingerprint density at radius 2 is 2.11 bits per heavy atom. The fourth-order valence-corrected chi connectivity index (χ4v) is 1.79. The van der Waals surface area contributed by atoms with Gasteiger partial charge >= 0.3 is 0 Å². The number of rotatable bonds is 4. The molecule has 0 atom stereocenters. The van der Waals surface area contributed by atoms with E-state index in [0.29, 0.717) is 17.0 Å². The number of carbonyl (C=O) groups is 1. The Morgan fingerprint density at radius 1 is 1.50 bits per heavy atom. The Balaban J connectivity index is 3.04. The zero-order valence-corrected chi connectivity index (χ0v) is 11.2. The third-order valence-corrected chi connectivity index (χ3v) is 2.46. The van der Waals surface area contributed by atoms with Crippen LogP contribution in [0.2, 0.25) is 0 Å². The fraction of sp³-hybridized carbons (Fsp3) is 0.462. The van der Waals surface area contributed by atoms with E-state index in [1.165, 1.54) is 12.0 Å². The zero-order chi connectivity index (χ0) is 13.9. The topological polar surface area (TPSA) is 75.8 Å². The van der Waals surface area contributed by atoms with Crippen molar-refractivity contribution in [2.24, 2.45) is 0 Å². The monoisotopic (exact) mass is 252 g/mol. The molecule has 0 aliphatic carbocycles. The van der Waals surface area contributed by atoms with E-state index in [4.69, 9.17) is 10.5 Å². The van der Waals surface area contributed by atoms with Gasteiger partial charge in [-0.1, -0.05) is 6.07 Å². The van der Waals surface area contributed by atoms with Gasteiger partial charge in [-0.25, -0.2) is 0 Å². The summed E-state index contributed by atoms with van der Waals surface area (Å²) in [6.45, 7) is 3.49. The van der Waals surface area contributed by atoms with Crippen molar-refractivity contribution in [2.45, 2.75) is 19.4 Å². The Kier molecular flexibility index (Phi) is 4.19. The van der Waals surface area contributed by atoms with E-state index in [1.807, 2.05) is 0 Å². The average molecular weight is 252 g/mol. The minimum atomic E-state index is -0.957. The summed E-state index contributed by atoms with van der Waals surface area (Å²) in [4.78, 5) is 13.7. The van der Waals surface area contributed by atoms with E-state index < -0.39 is 5.60 Å². The molecule has 5 nitrogen and oxygen atoms in total. The molecule has 100 valence electrons. The highest BCUT2D eigenvalue weighted by Gasteiger charge is 2.24. The molecule has 5 heteroatoms. The van der Waals surface area contributed by atoms with Crippen molar-refractivity contribution in [1.82, 2.24) is 4.90 Å². The number of anilines is 1. The van der Waals surface area contributed by atoms with E-state index >= 15 is 0 Å². The predicted molar refractivity (Wildman–Crippen MR) is 70.7 cm³/mol. The normalized spacial score (nSPS) is 11.2. The van der Waals surface area contributed by atoms with Gasteiger partial charge in [-0.05, 0) is 26.0 Å². The van der Waals surface area contributed by atoms with Gasteiger partial charge in [0.25, 0.3) is 5.91 Å². The van der Waals surface area contributed by atoms with Gasteiger partial charge in [0.1, 0.15) is 11.3 Å². The summed E-state index contributed by atoms with van der Waals surface area (Å²) in [6, 6.07) is 5.05. The number of carbonyl (C=O) groups excluding carboxylic acids is 1. The van der Waals surface area contributed by atoms with Gasteiger partial charge < -0.3 is 20.5 Å². The van der Waals surface area contributed by atoms with Crippen LogP contribution in [0.5, 0.6) is 5.75 Å². The SMILES string of the molecule is COc1cccc(N)c1C(=O)N(C)CC(C)(C)O. The summed E-state index contributed by atoms with van der Waals surface area (Å²) in [5, 5.41) is 9.72. The summed E-state index contributed by atoms with van der Waals surface area (Å²) in [5.74, 6) is 0.162. The van der Waals surface area contributed by atoms with Crippen LogP contribution in [0.1, 0.15) is 24.2 Å². The number of methoxy groups -OCH3 is 1. The van der Waals surface area contributed by atoms with Gasteiger partial charge in [0.05, 0.1) is 12.7 Å². The van der Waals surface area contributed by atoms with Gasteiger partial charge in [-0.15, -0.1) is 0 Å². The van der Waals surface area contributed by atoms with Crippen LogP contribution in [0.3, 0.4) is 0 Å². The lowest BCUT2D eigenvalue weighted by Crippen LogP contribution is -2.40. The molecule has 1 aromatic rings. The van der Waals surface area contributed by atoms with E-state index in [0.717, 1.165) is 0 Å². The van der Waals surface area contributed by atoms with Crippen molar-refractivity contribution in [3.63, 3.8) is 0 Å². The first-order chi connectivity index (χ1) is 8.26. The van der Waals surface area contributed by atoms with Crippen LogP contribution in [0.15, 0.2) is 18.2 Å². The summed E-state index contributed by atoms with van der Waals surface area (Å²) in [7, 11) is 3.10. The second-order valence-electron chi connectivity index (χ2n) is 4.90. The molecular weight excluding hydrogens is 232 g/mol. The van der Waals surface area contributed by atoms with Crippen LogP contribution in [-0.4, -0.2) is 42.2 Å². The number of ether oxygens (including phenoxy) is 1. The minimum Gasteiger partial charge on any atom is -0.496 e. The highest BCUT2D eigenvalue weighted by atomic mass is 16.5. The Labute approximate surface area is 107 Å². The maximum atomic E-state index is 12.3. The summed E-state index contributed by atoms with van der Waals surface area (Å²) in [5.41, 5.74) is 5.54. The predicted octanol–water partition coefficient (Wildman–Crippen LogP) is 1.12. The molecule has 0 aliphatic rings. The molecule has 0 bridgehead atoms. The fourth-order valence-electron chi connectivity index (χ4n) is 1.79. The number of hydrogen-bond donors (Lipinski definition) is 2. The number of likely N-dealkylation sites (N-methyl/N-ethyl adjacent to an activating group) is 1. The maximum Gasteiger partial charge on any atom is 0.259 e. The summed E-state index contributed by atoms with van der Waals surface area (Å²) >= 11 is 0. The molecule has 18 heavy (non-hydrogen) atoms. The first-order valence-corrected chi connectivity index (χ1v) is 5.66. The number of nitrogen functional groups attached to an aromatic ring is 1. The molecule has 1 rings (SSSR count). The van der Waals surface area contributed by atoms with Crippen LogP contribution in [-0.2, 0) is 0 Å². The number of nitrogens with zero attached hydrogens (tertiary/aromatic N) is 1. The number of benzene rings is 1. The Morgan fingerprint density at radius 3 is 2.61 bits per heavy atom. The lowest BCUT2D eigenvalue weighted by atomic mass is 10.1. The molecule has 0 spiro atoms. The molecule has 1 aromatic carbocycles. The second kappa shape index (κ2) is 5.27. The second-order valence-corrected chi connectivity index (χ2v) is 4.90. The van der Waals surface area contributed by atoms with Crippen molar-refractivity contribution in [1.29, 1.82) is 0 Å². The quantitative estimate of drug-likeness (QED) is 0.787. The van der Waals surface area contributed by atoms with Crippen LogP contribution in [0.25, 0.3) is 0 Å². The number of aliphatic hydroxyl groups is 1. The molecular formula is C13H20N2O3. The summed E-state index contributed by atoms with van der Waals surface area (Å²) in [6.07, 6.45) is 0. The molecule has 0 heterocycles. The van der Waals surface area contributed by atoms with Gasteiger partial charge in [0, 0.05) is 19.3 Å². The highest BCUT2D eigenvalue weighted by molar-refractivity contribution is 6.01. The van der Waals surface area contributed by atoms with Gasteiger partial charge in [0.15, 0.2) is 0 Å². The van der Waals surface area contributed by atoms with E-state index in [9.17, 15) is 9.90 Å². The van der Waals surface area contributed by atoms with E-state index in [1.54, 1.807) is 39.1 Å². The lowest BCUT2D eigenvalue weighted by Gasteiger charge is -2.26. The molecule has 3 N–H and O–H groups in total.